The van der Waals surface area contributed by atoms with E-state index in [2.05, 4.69) is 0 Å². The van der Waals surface area contributed by atoms with Crippen LogP contribution in [-0.2, 0) is 0 Å². The van der Waals surface area contributed by atoms with Gasteiger partial charge in [0.2, 0.25) is 5.75 Å². The van der Waals surface area contributed by atoms with Gasteiger partial charge >= 0.3 is 6.18 Å². The van der Waals surface area contributed by atoms with Gasteiger partial charge in [-0.15, -0.1) is 12.4 Å². The van der Waals surface area contributed by atoms with Crippen molar-refractivity contribution >= 4 is 12.4 Å². The number of aliphatic hydroxyl groups is 1. The highest BCUT2D eigenvalue weighted by molar-refractivity contribution is 5.85. The van der Waals surface area contributed by atoms with Crippen LogP contribution in [0.2, 0.25) is 0 Å². The van der Waals surface area contributed by atoms with Gasteiger partial charge in [-0.25, -0.2) is 0 Å². The Bertz CT molecular complexity index is 485. The molecule has 0 aliphatic rings. The Labute approximate surface area is 132 Å². The first kappa shape index (κ1) is 20.6. The number of ether oxygens (including phenoxy) is 3. The fraction of sp³-hybridized carbons (Fsp3) is 0.538. The number of aliphatic hydroxyl groups excluding tert-OH is 1. The summed E-state index contributed by atoms with van der Waals surface area (Å²) in [6.45, 7) is 0. The van der Waals surface area contributed by atoms with Crippen LogP contribution in [0.15, 0.2) is 12.1 Å². The smallest absolute Gasteiger partial charge is 0.403 e. The van der Waals surface area contributed by atoms with E-state index in [0.29, 0.717) is 5.75 Å². The summed E-state index contributed by atoms with van der Waals surface area (Å²) in [5, 5.41) is 9.99. The van der Waals surface area contributed by atoms with Crippen molar-refractivity contribution in [2.75, 3.05) is 21.3 Å². The molecule has 0 spiro atoms. The summed E-state index contributed by atoms with van der Waals surface area (Å²) >= 11 is 0. The third kappa shape index (κ3) is 4.56. The molecule has 0 amide bonds. The van der Waals surface area contributed by atoms with Crippen molar-refractivity contribution in [3.63, 3.8) is 0 Å². The van der Waals surface area contributed by atoms with E-state index in [-0.39, 0.29) is 29.5 Å². The van der Waals surface area contributed by atoms with Gasteiger partial charge in [0.1, 0.15) is 6.04 Å². The third-order valence-corrected chi connectivity index (χ3v) is 2.99. The van der Waals surface area contributed by atoms with E-state index in [4.69, 9.17) is 19.9 Å². The monoisotopic (exact) mass is 345 g/mol. The average molecular weight is 346 g/mol. The van der Waals surface area contributed by atoms with Crippen LogP contribution in [0.5, 0.6) is 17.2 Å². The van der Waals surface area contributed by atoms with Gasteiger partial charge in [-0.1, -0.05) is 0 Å². The molecule has 128 valence electrons. The molecule has 9 heteroatoms. The standard InChI is InChI=1S/C13H18F3NO4.ClH/c1-19-9-5-4-7(11(20-2)12(9)21-3)8(18)6-10(17)13(14,15)16;/h4-5,8,10,18H,6,17H2,1-3H3;1H/t8-,10-;/m0./s1. The molecule has 1 rings (SSSR count). The number of hydrogen-bond donors (Lipinski definition) is 2. The maximum absolute atomic E-state index is 12.5. The Kier molecular flexibility index (Phi) is 7.78. The van der Waals surface area contributed by atoms with Crippen LogP contribution < -0.4 is 19.9 Å². The Hall–Kier alpha value is -1.38. The first-order valence-corrected chi connectivity index (χ1v) is 6.05. The van der Waals surface area contributed by atoms with Crippen LogP contribution in [0.1, 0.15) is 18.1 Å². The van der Waals surface area contributed by atoms with E-state index in [1.807, 2.05) is 0 Å². The van der Waals surface area contributed by atoms with Crippen molar-refractivity contribution in [3.05, 3.63) is 17.7 Å². The third-order valence-electron chi connectivity index (χ3n) is 2.99. The molecule has 0 bridgehead atoms. The summed E-state index contributed by atoms with van der Waals surface area (Å²) in [6, 6.07) is 0.748. The number of alkyl halides is 3. The van der Waals surface area contributed by atoms with Gasteiger partial charge in [0.25, 0.3) is 0 Å². The summed E-state index contributed by atoms with van der Waals surface area (Å²) < 4.78 is 52.7. The minimum Gasteiger partial charge on any atom is -0.493 e. The van der Waals surface area contributed by atoms with Crippen molar-refractivity contribution in [1.29, 1.82) is 0 Å². The first-order chi connectivity index (χ1) is 9.76. The molecule has 22 heavy (non-hydrogen) atoms. The van der Waals surface area contributed by atoms with Crippen LogP contribution in [0.25, 0.3) is 0 Å². The molecule has 0 radical (unpaired) electrons. The molecule has 0 aliphatic carbocycles. The van der Waals surface area contributed by atoms with Crippen molar-refractivity contribution in [2.45, 2.75) is 24.7 Å². The fourth-order valence-electron chi connectivity index (χ4n) is 1.89. The van der Waals surface area contributed by atoms with E-state index in [0.717, 1.165) is 0 Å². The van der Waals surface area contributed by atoms with Gasteiger partial charge < -0.3 is 25.1 Å². The fourth-order valence-corrected chi connectivity index (χ4v) is 1.89. The number of hydrogen-bond acceptors (Lipinski definition) is 5. The molecule has 2 atom stereocenters. The lowest BCUT2D eigenvalue weighted by Gasteiger charge is -2.22. The Morgan fingerprint density at radius 2 is 1.64 bits per heavy atom. The molecule has 0 heterocycles. The lowest BCUT2D eigenvalue weighted by atomic mass is 10.0. The molecule has 1 aromatic rings. The summed E-state index contributed by atoms with van der Waals surface area (Å²) in [7, 11) is 4.09. The number of halogens is 4. The number of rotatable bonds is 6. The molecule has 0 saturated heterocycles. The maximum Gasteiger partial charge on any atom is 0.403 e. The van der Waals surface area contributed by atoms with Gasteiger partial charge in [-0.3, -0.25) is 0 Å². The summed E-state index contributed by atoms with van der Waals surface area (Å²) in [4.78, 5) is 0. The number of nitrogens with two attached hydrogens (primary N) is 1. The first-order valence-electron chi connectivity index (χ1n) is 6.05. The lowest BCUT2D eigenvalue weighted by molar-refractivity contribution is -0.153. The van der Waals surface area contributed by atoms with E-state index in [9.17, 15) is 18.3 Å². The van der Waals surface area contributed by atoms with Crippen molar-refractivity contribution in [2.24, 2.45) is 5.73 Å². The zero-order chi connectivity index (χ0) is 16.2. The van der Waals surface area contributed by atoms with E-state index in [1.54, 1.807) is 0 Å². The van der Waals surface area contributed by atoms with Crippen LogP contribution in [0.3, 0.4) is 0 Å². The minimum absolute atomic E-state index is 0. The largest absolute Gasteiger partial charge is 0.493 e. The van der Waals surface area contributed by atoms with Crippen LogP contribution in [0.4, 0.5) is 13.2 Å². The van der Waals surface area contributed by atoms with Gasteiger partial charge in [0, 0.05) is 12.0 Å². The van der Waals surface area contributed by atoms with E-state index >= 15 is 0 Å². The number of methoxy groups -OCH3 is 3. The molecule has 0 unspecified atom stereocenters. The second kappa shape index (κ2) is 8.30. The molecule has 1 aromatic carbocycles. The Morgan fingerprint density at radius 3 is 2.05 bits per heavy atom. The molecule has 0 aromatic heterocycles. The highest BCUT2D eigenvalue weighted by Gasteiger charge is 2.38. The maximum atomic E-state index is 12.5. The highest BCUT2D eigenvalue weighted by Crippen LogP contribution is 2.43. The summed E-state index contributed by atoms with van der Waals surface area (Å²) in [5.41, 5.74) is 5.17. The van der Waals surface area contributed by atoms with Gasteiger partial charge in [0.05, 0.1) is 27.4 Å². The van der Waals surface area contributed by atoms with Gasteiger partial charge in [0.15, 0.2) is 11.5 Å². The van der Waals surface area contributed by atoms with Crippen LogP contribution in [-0.4, -0.2) is 38.7 Å². The number of benzene rings is 1. The van der Waals surface area contributed by atoms with Crippen LogP contribution in [0, 0.1) is 0 Å². The topological polar surface area (TPSA) is 73.9 Å². The van der Waals surface area contributed by atoms with E-state index in [1.165, 1.54) is 33.5 Å². The van der Waals surface area contributed by atoms with Gasteiger partial charge in [-0.05, 0) is 12.1 Å². The average Bonchev–Trinajstić information content (AvgIpc) is 2.43. The summed E-state index contributed by atoms with van der Waals surface area (Å²) in [6.07, 6.45) is -6.71. The molecule has 5 nitrogen and oxygen atoms in total. The molecule has 0 saturated carbocycles. The normalized spacial score (nSPS) is 13.8. The molecular weight excluding hydrogens is 327 g/mol. The van der Waals surface area contributed by atoms with Gasteiger partial charge in [-0.2, -0.15) is 13.2 Å². The van der Waals surface area contributed by atoms with Crippen molar-refractivity contribution in [1.82, 2.24) is 0 Å². The molecule has 3 N–H and O–H groups in total. The Balaban J connectivity index is 0.00000441. The predicted octanol–water partition coefficient (Wildman–Crippen LogP) is 2.45. The molecule has 0 fully saturated rings. The SMILES string of the molecule is COc1ccc([C@@H](O)C[C@H](N)C(F)(F)F)c(OC)c1OC.Cl. The van der Waals surface area contributed by atoms with Crippen LogP contribution >= 0.6 is 12.4 Å². The predicted molar refractivity (Wildman–Crippen MR) is 77.0 cm³/mol. The molecule has 0 aliphatic heterocycles. The summed E-state index contributed by atoms with van der Waals surface area (Å²) in [5.74, 6) is 0.640. The van der Waals surface area contributed by atoms with Crippen molar-refractivity contribution in [3.8, 4) is 17.2 Å². The zero-order valence-corrected chi connectivity index (χ0v) is 13.1. The minimum atomic E-state index is -4.58. The second-order valence-electron chi connectivity index (χ2n) is 4.32. The second-order valence-corrected chi connectivity index (χ2v) is 4.32. The lowest BCUT2D eigenvalue weighted by Crippen LogP contribution is -2.38. The zero-order valence-electron chi connectivity index (χ0n) is 12.3. The Morgan fingerprint density at radius 1 is 1.09 bits per heavy atom. The highest BCUT2D eigenvalue weighted by atomic mass is 35.5. The molecular formula is C13H19ClF3NO4. The quantitative estimate of drug-likeness (QED) is 0.828. The van der Waals surface area contributed by atoms with E-state index < -0.39 is 24.7 Å². The van der Waals surface area contributed by atoms with Crippen molar-refractivity contribution < 1.29 is 32.5 Å².